The second kappa shape index (κ2) is 11.7. The van der Waals surface area contributed by atoms with Gasteiger partial charge in [-0.3, -0.25) is 4.79 Å². The highest BCUT2D eigenvalue weighted by Crippen LogP contribution is 2.08. The largest absolute Gasteiger partial charge is 0.355 e. The van der Waals surface area contributed by atoms with E-state index in [4.69, 9.17) is 0 Å². The molecule has 0 radical (unpaired) electrons. The molecule has 2 rings (SSSR count). The van der Waals surface area contributed by atoms with Crippen molar-refractivity contribution in [3.05, 3.63) is 29.8 Å². The maximum atomic E-state index is 11.7. The highest BCUT2D eigenvalue weighted by molar-refractivity contribution is 5.92. The Morgan fingerprint density at radius 3 is 2.68 bits per heavy atom. The number of carbonyl (C=O) groups is 2. The number of anilines is 1. The number of nitrogens with one attached hydrogen (secondary N) is 4. The molecule has 1 aliphatic rings. The molecule has 0 aromatic heterocycles. The van der Waals surface area contributed by atoms with Crippen molar-refractivity contribution in [1.82, 2.24) is 20.9 Å². The zero-order valence-corrected chi connectivity index (χ0v) is 15.5. The first-order valence-corrected chi connectivity index (χ1v) is 8.45. The molecule has 7 nitrogen and oxygen atoms in total. The molecule has 0 spiro atoms. The van der Waals surface area contributed by atoms with Gasteiger partial charge in [0.05, 0.1) is 6.54 Å². The van der Waals surface area contributed by atoms with Crippen LogP contribution in [0.4, 0.5) is 10.5 Å². The summed E-state index contributed by atoms with van der Waals surface area (Å²) in [5.41, 5.74) is 1.78. The van der Waals surface area contributed by atoms with Gasteiger partial charge in [-0.1, -0.05) is 12.1 Å². The SMILES string of the molecule is Cc1cccc(NC(=O)NCC(=O)NCCCN2CCNCC2)c1.Cl. The molecular formula is C17H28ClN5O2. The van der Waals surface area contributed by atoms with Crippen LogP contribution >= 0.6 is 12.4 Å². The summed E-state index contributed by atoms with van der Waals surface area (Å²) in [6.07, 6.45) is 0.918. The van der Waals surface area contributed by atoms with Crippen LogP contribution in [-0.4, -0.2) is 62.7 Å². The lowest BCUT2D eigenvalue weighted by Gasteiger charge is -2.27. The van der Waals surface area contributed by atoms with Crippen molar-refractivity contribution < 1.29 is 9.59 Å². The van der Waals surface area contributed by atoms with E-state index < -0.39 is 0 Å². The van der Waals surface area contributed by atoms with Crippen molar-refractivity contribution in [3.63, 3.8) is 0 Å². The Labute approximate surface area is 155 Å². The van der Waals surface area contributed by atoms with E-state index in [0.29, 0.717) is 12.2 Å². The Morgan fingerprint density at radius 2 is 1.96 bits per heavy atom. The molecule has 1 aromatic carbocycles. The van der Waals surface area contributed by atoms with Crippen LogP contribution in [0.5, 0.6) is 0 Å². The highest BCUT2D eigenvalue weighted by Gasteiger charge is 2.09. The van der Waals surface area contributed by atoms with Gasteiger partial charge < -0.3 is 26.2 Å². The van der Waals surface area contributed by atoms with Crippen molar-refractivity contribution in [2.45, 2.75) is 13.3 Å². The van der Waals surface area contributed by atoms with Gasteiger partial charge in [0.1, 0.15) is 0 Å². The van der Waals surface area contributed by atoms with E-state index in [0.717, 1.165) is 44.7 Å². The number of benzene rings is 1. The second-order valence-electron chi connectivity index (χ2n) is 5.97. The summed E-state index contributed by atoms with van der Waals surface area (Å²) >= 11 is 0. The molecule has 1 aliphatic heterocycles. The standard InChI is InChI=1S/C17H27N5O2.ClH/c1-14-4-2-5-15(12-14)21-17(24)20-13-16(23)19-6-3-9-22-10-7-18-8-11-22;/h2,4-5,12,18H,3,6-11,13H2,1H3,(H,19,23)(H2,20,21,24);1H. The number of halogens is 1. The van der Waals surface area contributed by atoms with Crippen LogP contribution in [-0.2, 0) is 4.79 Å². The Kier molecular flexibility index (Phi) is 9.91. The van der Waals surface area contributed by atoms with Crippen LogP contribution in [0.3, 0.4) is 0 Å². The molecule has 1 heterocycles. The van der Waals surface area contributed by atoms with Gasteiger partial charge in [-0.05, 0) is 37.6 Å². The molecule has 25 heavy (non-hydrogen) atoms. The van der Waals surface area contributed by atoms with Gasteiger partial charge in [0.25, 0.3) is 0 Å². The minimum absolute atomic E-state index is 0. The third kappa shape index (κ3) is 8.72. The molecule has 3 amide bonds. The van der Waals surface area contributed by atoms with Crippen LogP contribution < -0.4 is 21.3 Å². The molecule has 0 unspecified atom stereocenters. The second-order valence-corrected chi connectivity index (χ2v) is 5.97. The van der Waals surface area contributed by atoms with Crippen LogP contribution in [0.15, 0.2) is 24.3 Å². The topological polar surface area (TPSA) is 85.5 Å². The zero-order valence-electron chi connectivity index (χ0n) is 14.6. The van der Waals surface area contributed by atoms with E-state index in [1.807, 2.05) is 31.2 Å². The number of rotatable bonds is 7. The van der Waals surface area contributed by atoms with Crippen molar-refractivity contribution in [2.75, 3.05) is 51.1 Å². The molecule has 1 aromatic rings. The molecule has 8 heteroatoms. The maximum Gasteiger partial charge on any atom is 0.319 e. The summed E-state index contributed by atoms with van der Waals surface area (Å²) in [6.45, 7) is 7.75. The zero-order chi connectivity index (χ0) is 17.2. The van der Waals surface area contributed by atoms with E-state index in [2.05, 4.69) is 26.2 Å². The first-order chi connectivity index (χ1) is 11.6. The lowest BCUT2D eigenvalue weighted by atomic mass is 10.2. The molecule has 1 fully saturated rings. The molecule has 1 saturated heterocycles. The predicted octanol–water partition coefficient (Wildman–Crippen LogP) is 0.950. The maximum absolute atomic E-state index is 11.7. The van der Waals surface area contributed by atoms with Crippen molar-refractivity contribution in [1.29, 1.82) is 0 Å². The van der Waals surface area contributed by atoms with Crippen LogP contribution in [0.25, 0.3) is 0 Å². The van der Waals surface area contributed by atoms with Gasteiger partial charge in [-0.25, -0.2) is 4.79 Å². The number of amides is 3. The van der Waals surface area contributed by atoms with Gasteiger partial charge >= 0.3 is 6.03 Å². The minimum Gasteiger partial charge on any atom is -0.355 e. The molecule has 0 atom stereocenters. The van der Waals surface area contributed by atoms with E-state index in [1.165, 1.54) is 0 Å². The van der Waals surface area contributed by atoms with Crippen LogP contribution in [0.1, 0.15) is 12.0 Å². The summed E-state index contributed by atoms with van der Waals surface area (Å²) < 4.78 is 0. The predicted molar refractivity (Wildman–Crippen MR) is 102 cm³/mol. The van der Waals surface area contributed by atoms with Crippen molar-refractivity contribution in [2.24, 2.45) is 0 Å². The fraction of sp³-hybridized carbons (Fsp3) is 0.529. The quantitative estimate of drug-likeness (QED) is 0.539. The van der Waals surface area contributed by atoms with Crippen molar-refractivity contribution >= 4 is 30.0 Å². The Morgan fingerprint density at radius 1 is 1.20 bits per heavy atom. The van der Waals surface area contributed by atoms with Gasteiger partial charge in [0.15, 0.2) is 0 Å². The lowest BCUT2D eigenvalue weighted by Crippen LogP contribution is -2.44. The summed E-state index contributed by atoms with van der Waals surface area (Å²) in [4.78, 5) is 25.9. The first kappa shape index (κ1) is 21.2. The Bertz CT molecular complexity index is 550. The highest BCUT2D eigenvalue weighted by atomic mass is 35.5. The number of aryl methyl sites for hydroxylation is 1. The molecule has 140 valence electrons. The summed E-state index contributed by atoms with van der Waals surface area (Å²) in [5.74, 6) is -0.172. The monoisotopic (exact) mass is 369 g/mol. The molecule has 0 aliphatic carbocycles. The molecular weight excluding hydrogens is 342 g/mol. The van der Waals surface area contributed by atoms with E-state index in [9.17, 15) is 9.59 Å². The summed E-state index contributed by atoms with van der Waals surface area (Å²) in [7, 11) is 0. The van der Waals surface area contributed by atoms with Crippen LogP contribution in [0, 0.1) is 6.92 Å². The fourth-order valence-electron chi connectivity index (χ4n) is 2.59. The number of nitrogens with zero attached hydrogens (tertiary/aromatic N) is 1. The molecule has 0 bridgehead atoms. The Balaban J connectivity index is 0.00000312. The number of piperazine rings is 1. The number of urea groups is 1. The van der Waals surface area contributed by atoms with Crippen LogP contribution in [0.2, 0.25) is 0 Å². The lowest BCUT2D eigenvalue weighted by molar-refractivity contribution is -0.120. The normalized spacial score (nSPS) is 14.3. The van der Waals surface area contributed by atoms with Gasteiger partial charge in [0, 0.05) is 38.4 Å². The smallest absolute Gasteiger partial charge is 0.319 e. The van der Waals surface area contributed by atoms with E-state index in [-0.39, 0.29) is 30.9 Å². The summed E-state index contributed by atoms with van der Waals surface area (Å²) in [5, 5.41) is 11.4. The average molecular weight is 370 g/mol. The van der Waals surface area contributed by atoms with Gasteiger partial charge in [0.2, 0.25) is 5.91 Å². The number of hydrogen-bond donors (Lipinski definition) is 4. The minimum atomic E-state index is -0.378. The molecule has 0 saturated carbocycles. The first-order valence-electron chi connectivity index (χ1n) is 8.45. The number of carbonyl (C=O) groups excluding carboxylic acids is 2. The summed E-state index contributed by atoms with van der Waals surface area (Å²) in [6, 6.07) is 7.13. The fourth-order valence-corrected chi connectivity index (χ4v) is 2.59. The van der Waals surface area contributed by atoms with E-state index >= 15 is 0 Å². The third-order valence-corrected chi connectivity index (χ3v) is 3.87. The molecule has 4 N–H and O–H groups in total. The van der Waals surface area contributed by atoms with E-state index in [1.54, 1.807) is 0 Å². The van der Waals surface area contributed by atoms with Crippen molar-refractivity contribution in [3.8, 4) is 0 Å². The Hall–Kier alpha value is -1.83. The third-order valence-electron chi connectivity index (χ3n) is 3.87. The van der Waals surface area contributed by atoms with Gasteiger partial charge in [-0.2, -0.15) is 0 Å². The average Bonchev–Trinajstić information content (AvgIpc) is 2.58. The number of hydrogen-bond acceptors (Lipinski definition) is 4. The van der Waals surface area contributed by atoms with Gasteiger partial charge in [-0.15, -0.1) is 12.4 Å².